The molecule has 3 N–H and O–H groups in total. The Kier molecular flexibility index (Phi) is 4.39. The highest BCUT2D eigenvalue weighted by Crippen LogP contribution is 2.30. The van der Waals surface area contributed by atoms with Gasteiger partial charge in [-0.3, -0.25) is 14.9 Å². The van der Waals surface area contributed by atoms with Crippen LogP contribution in [0.2, 0.25) is 5.02 Å². The minimum atomic E-state index is -0.675. The Labute approximate surface area is 128 Å². The lowest BCUT2D eigenvalue weighted by molar-refractivity contribution is -0.383. The first-order chi connectivity index (χ1) is 9.90. The largest absolute Gasteiger partial charge is 0.392 e. The number of nitrogens with zero attached hydrogens (tertiary/aromatic N) is 2. The number of nitrogens with two attached hydrogens (primary N) is 1. The number of aromatic nitrogens is 1. The summed E-state index contributed by atoms with van der Waals surface area (Å²) in [6.07, 6.45) is 0. The molecule has 7 nitrogen and oxygen atoms in total. The first-order valence-corrected chi connectivity index (χ1v) is 7.06. The molecular formula is C12H11ClN4O3S. The molecule has 0 radical (unpaired) electrons. The molecule has 0 fully saturated rings. The van der Waals surface area contributed by atoms with Crippen LogP contribution >= 0.6 is 22.9 Å². The highest BCUT2D eigenvalue weighted by Gasteiger charge is 2.19. The Morgan fingerprint density at radius 1 is 1.57 bits per heavy atom. The molecule has 0 aliphatic carbocycles. The van der Waals surface area contributed by atoms with E-state index in [1.807, 2.05) is 6.92 Å². The highest BCUT2D eigenvalue weighted by atomic mass is 35.5. The van der Waals surface area contributed by atoms with E-state index in [1.54, 1.807) is 5.51 Å². The van der Waals surface area contributed by atoms with Crippen LogP contribution in [0, 0.1) is 17.0 Å². The molecule has 0 aliphatic heterocycles. The number of carbonyl (C=O) groups is 1. The lowest BCUT2D eigenvalue weighted by Crippen LogP contribution is -2.23. The fourth-order valence-corrected chi connectivity index (χ4v) is 2.58. The van der Waals surface area contributed by atoms with E-state index < -0.39 is 10.8 Å². The van der Waals surface area contributed by atoms with Crippen molar-refractivity contribution in [3.63, 3.8) is 0 Å². The molecule has 0 saturated carbocycles. The van der Waals surface area contributed by atoms with Gasteiger partial charge in [-0.05, 0) is 13.0 Å². The first-order valence-electron chi connectivity index (χ1n) is 5.80. The van der Waals surface area contributed by atoms with Gasteiger partial charge in [-0.1, -0.05) is 11.6 Å². The fourth-order valence-electron chi connectivity index (χ4n) is 1.64. The van der Waals surface area contributed by atoms with Crippen molar-refractivity contribution in [2.24, 2.45) is 0 Å². The number of nitro groups is 1. The van der Waals surface area contributed by atoms with Gasteiger partial charge >= 0.3 is 0 Å². The van der Waals surface area contributed by atoms with Gasteiger partial charge in [0.25, 0.3) is 11.6 Å². The van der Waals surface area contributed by atoms with E-state index in [0.29, 0.717) is 6.54 Å². The van der Waals surface area contributed by atoms with Gasteiger partial charge in [0, 0.05) is 16.5 Å². The average molecular weight is 327 g/mol. The van der Waals surface area contributed by atoms with Crippen LogP contribution in [0.15, 0.2) is 17.6 Å². The maximum absolute atomic E-state index is 12.0. The molecule has 2 rings (SSSR count). The van der Waals surface area contributed by atoms with Crippen molar-refractivity contribution in [1.29, 1.82) is 0 Å². The molecule has 2 aromatic rings. The van der Waals surface area contributed by atoms with Crippen LogP contribution in [0.25, 0.3) is 0 Å². The van der Waals surface area contributed by atoms with Gasteiger partial charge in [0.2, 0.25) is 0 Å². The van der Waals surface area contributed by atoms with Crippen molar-refractivity contribution >= 4 is 40.2 Å². The third kappa shape index (κ3) is 3.29. The lowest BCUT2D eigenvalue weighted by atomic mass is 10.1. The molecule has 0 saturated heterocycles. The van der Waals surface area contributed by atoms with Crippen LogP contribution in [0.4, 0.5) is 11.4 Å². The van der Waals surface area contributed by atoms with Crippen LogP contribution < -0.4 is 11.1 Å². The quantitative estimate of drug-likeness (QED) is 0.509. The van der Waals surface area contributed by atoms with Gasteiger partial charge in [-0.15, -0.1) is 11.3 Å². The summed E-state index contributed by atoms with van der Waals surface area (Å²) in [6.45, 7) is 2.13. The number of nitrogen functional groups attached to an aromatic ring is 1. The zero-order valence-corrected chi connectivity index (χ0v) is 12.5. The summed E-state index contributed by atoms with van der Waals surface area (Å²) in [4.78, 5) is 27.2. The Balaban J connectivity index is 2.20. The second kappa shape index (κ2) is 6.06. The number of halogens is 1. The summed E-state index contributed by atoms with van der Waals surface area (Å²) in [6, 6.07) is 2.41. The van der Waals surface area contributed by atoms with Gasteiger partial charge in [0.1, 0.15) is 5.69 Å². The van der Waals surface area contributed by atoms with Crippen LogP contribution in [-0.4, -0.2) is 15.8 Å². The maximum atomic E-state index is 12.0. The number of hydrogen-bond donors (Lipinski definition) is 2. The lowest BCUT2D eigenvalue weighted by Gasteiger charge is -2.06. The van der Waals surface area contributed by atoms with E-state index in [-0.39, 0.29) is 22.0 Å². The van der Waals surface area contributed by atoms with Crippen LogP contribution in [0.5, 0.6) is 0 Å². The molecule has 1 aromatic heterocycles. The maximum Gasteiger partial charge on any atom is 0.294 e. The highest BCUT2D eigenvalue weighted by molar-refractivity contribution is 7.09. The Morgan fingerprint density at radius 2 is 2.29 bits per heavy atom. The van der Waals surface area contributed by atoms with E-state index in [4.69, 9.17) is 17.3 Å². The van der Waals surface area contributed by atoms with Crippen molar-refractivity contribution in [2.75, 3.05) is 5.73 Å². The molecule has 9 heteroatoms. The first kappa shape index (κ1) is 15.2. The predicted octanol–water partition coefficient (Wildman–Crippen LogP) is 2.53. The number of amides is 1. The van der Waals surface area contributed by atoms with E-state index in [9.17, 15) is 14.9 Å². The number of carbonyl (C=O) groups excluding carboxylic acids is 1. The number of nitrogens with one attached hydrogen (secondary N) is 1. The van der Waals surface area contributed by atoms with Crippen molar-refractivity contribution in [2.45, 2.75) is 13.5 Å². The molecule has 21 heavy (non-hydrogen) atoms. The number of aryl methyl sites for hydroxylation is 1. The van der Waals surface area contributed by atoms with E-state index in [0.717, 1.165) is 16.6 Å². The number of anilines is 1. The second-order valence-electron chi connectivity index (χ2n) is 4.19. The monoisotopic (exact) mass is 326 g/mol. The summed E-state index contributed by atoms with van der Waals surface area (Å²) in [5.41, 5.74) is 7.57. The average Bonchev–Trinajstić information content (AvgIpc) is 2.84. The standard InChI is InChI=1S/C12H11ClN4O3S/c1-6-10(21-5-16-6)4-15-12(18)7-2-8(13)11(14)9(3-7)17(19)20/h2-3,5H,4,14H2,1H3,(H,15,18). The van der Waals surface area contributed by atoms with Gasteiger partial charge in [0.05, 0.1) is 27.7 Å². The second-order valence-corrected chi connectivity index (χ2v) is 5.54. The molecule has 110 valence electrons. The molecule has 0 atom stereocenters. The van der Waals surface area contributed by atoms with E-state index in [1.165, 1.54) is 17.4 Å². The summed E-state index contributed by atoms with van der Waals surface area (Å²) in [5, 5.41) is 13.5. The van der Waals surface area contributed by atoms with Gasteiger partial charge in [-0.2, -0.15) is 0 Å². The minimum Gasteiger partial charge on any atom is -0.392 e. The van der Waals surface area contributed by atoms with E-state index in [2.05, 4.69) is 10.3 Å². The van der Waals surface area contributed by atoms with Gasteiger partial charge in [-0.25, -0.2) is 4.98 Å². The molecule has 1 heterocycles. The molecule has 0 aliphatic rings. The van der Waals surface area contributed by atoms with Gasteiger partial charge < -0.3 is 11.1 Å². The predicted molar refractivity (Wildman–Crippen MR) is 80.5 cm³/mol. The molecule has 1 aromatic carbocycles. The number of rotatable bonds is 4. The fraction of sp³-hybridized carbons (Fsp3) is 0.167. The summed E-state index contributed by atoms with van der Waals surface area (Å²) < 4.78 is 0. The molecule has 0 bridgehead atoms. The summed E-state index contributed by atoms with van der Waals surface area (Å²) in [5.74, 6) is -0.465. The summed E-state index contributed by atoms with van der Waals surface area (Å²) >= 11 is 7.23. The van der Waals surface area contributed by atoms with Crippen molar-refractivity contribution < 1.29 is 9.72 Å². The summed E-state index contributed by atoms with van der Waals surface area (Å²) in [7, 11) is 0. The zero-order valence-electron chi connectivity index (χ0n) is 10.9. The van der Waals surface area contributed by atoms with Crippen molar-refractivity contribution in [1.82, 2.24) is 10.3 Å². The Bertz CT molecular complexity index is 717. The number of benzene rings is 1. The van der Waals surface area contributed by atoms with Crippen LogP contribution in [0.3, 0.4) is 0 Å². The third-order valence-corrected chi connectivity index (χ3v) is 4.07. The van der Waals surface area contributed by atoms with Crippen LogP contribution in [0.1, 0.15) is 20.9 Å². The van der Waals surface area contributed by atoms with Gasteiger partial charge in [0.15, 0.2) is 0 Å². The number of thiazole rings is 1. The SMILES string of the molecule is Cc1ncsc1CNC(=O)c1cc(Cl)c(N)c([N+](=O)[O-])c1. The van der Waals surface area contributed by atoms with Crippen LogP contribution in [-0.2, 0) is 6.54 Å². The number of nitro benzene ring substituents is 1. The topological polar surface area (TPSA) is 111 Å². The molecule has 0 spiro atoms. The molecule has 0 unspecified atom stereocenters. The smallest absolute Gasteiger partial charge is 0.294 e. The minimum absolute atomic E-state index is 0.0247. The normalized spacial score (nSPS) is 10.4. The van der Waals surface area contributed by atoms with Crippen molar-refractivity contribution in [3.8, 4) is 0 Å². The number of hydrogen-bond acceptors (Lipinski definition) is 6. The molecular weight excluding hydrogens is 316 g/mol. The molecule has 1 amide bonds. The Morgan fingerprint density at radius 3 is 2.86 bits per heavy atom. The van der Waals surface area contributed by atoms with E-state index >= 15 is 0 Å². The van der Waals surface area contributed by atoms with Crippen molar-refractivity contribution in [3.05, 3.63) is 48.9 Å². The third-order valence-electron chi connectivity index (χ3n) is 2.82. The Hall–Kier alpha value is -2.19. The zero-order chi connectivity index (χ0) is 15.6.